The van der Waals surface area contributed by atoms with E-state index in [4.69, 9.17) is 4.74 Å². The van der Waals surface area contributed by atoms with E-state index in [0.717, 1.165) is 6.42 Å². The van der Waals surface area contributed by atoms with Crippen LogP contribution in [0.5, 0.6) is 11.5 Å². The van der Waals surface area contributed by atoms with E-state index in [2.05, 4.69) is 15.8 Å². The van der Waals surface area contributed by atoms with Crippen LogP contribution >= 0.6 is 0 Å². The lowest BCUT2D eigenvalue weighted by atomic mass is 10.2. The Hall–Kier alpha value is -3.35. The first-order valence-electron chi connectivity index (χ1n) is 8.13. The third-order valence-electron chi connectivity index (χ3n) is 3.51. The molecule has 0 spiro atoms. The largest absolute Gasteiger partial charge is 0.507 e. The molecule has 3 N–H and O–H groups in total. The number of hydrogen-bond donors (Lipinski definition) is 3. The standard InChI is InChI=1S/C19H21N3O4/c1-3-4-18(24)21-15-7-5-13(6-8-15)19(25)22-20-12-14-11-16(26-2)9-10-17(14)23/h5-12,23H,3-4H2,1-2H3,(H,21,24)(H,22,25)/b20-12+. The normalized spacial score (nSPS) is 10.5. The fourth-order valence-electron chi connectivity index (χ4n) is 2.14. The summed E-state index contributed by atoms with van der Waals surface area (Å²) in [6.07, 6.45) is 2.55. The molecule has 2 rings (SSSR count). The van der Waals surface area contributed by atoms with E-state index in [1.165, 1.54) is 19.4 Å². The van der Waals surface area contributed by atoms with Crippen molar-refractivity contribution in [3.05, 3.63) is 53.6 Å². The summed E-state index contributed by atoms with van der Waals surface area (Å²) in [5.41, 5.74) is 3.82. The molecule has 7 heteroatoms. The zero-order chi connectivity index (χ0) is 18.9. The number of ether oxygens (including phenoxy) is 1. The van der Waals surface area contributed by atoms with Crippen LogP contribution in [0.3, 0.4) is 0 Å². The number of carbonyl (C=O) groups excluding carboxylic acids is 2. The summed E-state index contributed by atoms with van der Waals surface area (Å²) in [4.78, 5) is 23.6. The Balaban J connectivity index is 1.96. The van der Waals surface area contributed by atoms with Crippen molar-refractivity contribution in [1.29, 1.82) is 0 Å². The summed E-state index contributed by atoms with van der Waals surface area (Å²) in [5.74, 6) is 0.120. The number of phenolic OH excluding ortho intramolecular Hbond substituents is 1. The number of aromatic hydroxyl groups is 1. The minimum Gasteiger partial charge on any atom is -0.507 e. The summed E-state index contributed by atoms with van der Waals surface area (Å²) >= 11 is 0. The summed E-state index contributed by atoms with van der Waals surface area (Å²) in [5, 5.41) is 16.3. The minimum absolute atomic E-state index is 0.0240. The second kappa shape index (κ2) is 9.22. The lowest BCUT2D eigenvalue weighted by molar-refractivity contribution is -0.116. The van der Waals surface area contributed by atoms with E-state index in [9.17, 15) is 14.7 Å². The van der Waals surface area contributed by atoms with Gasteiger partial charge in [-0.15, -0.1) is 0 Å². The Kier molecular flexibility index (Phi) is 6.73. The number of amides is 2. The van der Waals surface area contributed by atoms with Gasteiger partial charge in [-0.3, -0.25) is 9.59 Å². The van der Waals surface area contributed by atoms with Gasteiger partial charge in [-0.25, -0.2) is 5.43 Å². The molecule has 0 radical (unpaired) electrons. The van der Waals surface area contributed by atoms with Crippen molar-refractivity contribution >= 4 is 23.7 Å². The highest BCUT2D eigenvalue weighted by molar-refractivity contribution is 5.96. The van der Waals surface area contributed by atoms with Crippen LogP contribution in [0.15, 0.2) is 47.6 Å². The van der Waals surface area contributed by atoms with Gasteiger partial charge < -0.3 is 15.2 Å². The van der Waals surface area contributed by atoms with Crippen molar-refractivity contribution in [2.24, 2.45) is 5.10 Å². The Labute approximate surface area is 151 Å². The molecule has 2 aromatic carbocycles. The van der Waals surface area contributed by atoms with Crippen molar-refractivity contribution in [3.8, 4) is 11.5 Å². The van der Waals surface area contributed by atoms with Crippen LogP contribution in [-0.4, -0.2) is 30.2 Å². The zero-order valence-corrected chi connectivity index (χ0v) is 14.7. The molecule has 2 amide bonds. The van der Waals surface area contributed by atoms with Crippen LogP contribution in [-0.2, 0) is 4.79 Å². The second-order valence-corrected chi connectivity index (χ2v) is 5.50. The molecule has 26 heavy (non-hydrogen) atoms. The van der Waals surface area contributed by atoms with Gasteiger partial charge in [-0.2, -0.15) is 5.10 Å². The lowest BCUT2D eigenvalue weighted by Crippen LogP contribution is -2.17. The van der Waals surface area contributed by atoms with Gasteiger partial charge in [-0.05, 0) is 48.9 Å². The summed E-state index contributed by atoms with van der Waals surface area (Å²) < 4.78 is 5.07. The summed E-state index contributed by atoms with van der Waals surface area (Å²) in [6, 6.07) is 11.2. The second-order valence-electron chi connectivity index (χ2n) is 5.50. The first-order valence-corrected chi connectivity index (χ1v) is 8.13. The molecular weight excluding hydrogens is 334 g/mol. The third-order valence-corrected chi connectivity index (χ3v) is 3.51. The van der Waals surface area contributed by atoms with Gasteiger partial charge in [0.05, 0.1) is 13.3 Å². The molecule has 7 nitrogen and oxygen atoms in total. The minimum atomic E-state index is -0.407. The molecular formula is C19H21N3O4. The molecule has 0 fully saturated rings. The Bertz CT molecular complexity index is 801. The number of carbonyl (C=O) groups is 2. The predicted molar refractivity (Wildman–Crippen MR) is 99.7 cm³/mol. The number of nitrogens with one attached hydrogen (secondary N) is 2. The van der Waals surface area contributed by atoms with E-state index in [-0.39, 0.29) is 11.7 Å². The molecule has 0 aliphatic rings. The number of anilines is 1. The van der Waals surface area contributed by atoms with Gasteiger partial charge in [0.1, 0.15) is 11.5 Å². The van der Waals surface area contributed by atoms with E-state index >= 15 is 0 Å². The lowest BCUT2D eigenvalue weighted by Gasteiger charge is -2.05. The van der Waals surface area contributed by atoms with Crippen molar-refractivity contribution < 1.29 is 19.4 Å². The highest BCUT2D eigenvalue weighted by atomic mass is 16.5. The van der Waals surface area contributed by atoms with Gasteiger partial charge in [0.2, 0.25) is 5.91 Å². The number of methoxy groups -OCH3 is 1. The molecule has 0 heterocycles. The molecule has 0 aromatic heterocycles. The maximum Gasteiger partial charge on any atom is 0.271 e. The fraction of sp³-hybridized carbons (Fsp3) is 0.211. The van der Waals surface area contributed by atoms with Gasteiger partial charge in [-0.1, -0.05) is 6.92 Å². The van der Waals surface area contributed by atoms with Gasteiger partial charge in [0.15, 0.2) is 0 Å². The van der Waals surface area contributed by atoms with Crippen LogP contribution < -0.4 is 15.5 Å². The number of nitrogens with zero attached hydrogens (tertiary/aromatic N) is 1. The number of hydrogen-bond acceptors (Lipinski definition) is 5. The van der Waals surface area contributed by atoms with Crippen molar-refractivity contribution in [2.45, 2.75) is 19.8 Å². The zero-order valence-electron chi connectivity index (χ0n) is 14.7. The maximum atomic E-state index is 12.1. The van der Waals surface area contributed by atoms with Gasteiger partial charge in [0, 0.05) is 23.2 Å². The van der Waals surface area contributed by atoms with Gasteiger partial charge >= 0.3 is 0 Å². The van der Waals surface area contributed by atoms with E-state index < -0.39 is 5.91 Å². The highest BCUT2D eigenvalue weighted by Gasteiger charge is 2.06. The Morgan fingerprint density at radius 2 is 1.92 bits per heavy atom. The molecule has 0 aliphatic heterocycles. The van der Waals surface area contributed by atoms with Crippen molar-refractivity contribution in [2.75, 3.05) is 12.4 Å². The quantitative estimate of drug-likeness (QED) is 0.525. The first kappa shape index (κ1) is 19.0. The highest BCUT2D eigenvalue weighted by Crippen LogP contribution is 2.21. The summed E-state index contributed by atoms with van der Waals surface area (Å²) in [7, 11) is 1.52. The maximum absolute atomic E-state index is 12.1. The smallest absolute Gasteiger partial charge is 0.271 e. The molecule has 0 unspecified atom stereocenters. The van der Waals surface area contributed by atoms with E-state index in [1.54, 1.807) is 36.4 Å². The van der Waals surface area contributed by atoms with E-state index in [1.807, 2.05) is 6.92 Å². The molecule has 0 saturated carbocycles. The molecule has 2 aromatic rings. The first-order chi connectivity index (χ1) is 12.5. The Morgan fingerprint density at radius 1 is 1.19 bits per heavy atom. The van der Waals surface area contributed by atoms with Crippen LogP contribution in [0.2, 0.25) is 0 Å². The molecule has 0 saturated heterocycles. The third kappa shape index (κ3) is 5.34. The van der Waals surface area contributed by atoms with Crippen LogP contribution in [0.4, 0.5) is 5.69 Å². The van der Waals surface area contributed by atoms with Crippen molar-refractivity contribution in [3.63, 3.8) is 0 Å². The summed E-state index contributed by atoms with van der Waals surface area (Å²) in [6.45, 7) is 1.93. The average molecular weight is 355 g/mol. The number of phenols is 1. The number of rotatable bonds is 7. The molecule has 136 valence electrons. The van der Waals surface area contributed by atoms with Crippen LogP contribution in [0.1, 0.15) is 35.7 Å². The monoisotopic (exact) mass is 355 g/mol. The molecule has 0 bridgehead atoms. The van der Waals surface area contributed by atoms with Gasteiger partial charge in [0.25, 0.3) is 5.91 Å². The fourth-order valence-corrected chi connectivity index (χ4v) is 2.14. The SMILES string of the molecule is CCCC(=O)Nc1ccc(C(=O)N/N=C/c2cc(OC)ccc2O)cc1. The number of benzene rings is 2. The number of hydrazone groups is 1. The predicted octanol–water partition coefficient (Wildman–Crippen LogP) is 2.90. The van der Waals surface area contributed by atoms with Crippen LogP contribution in [0, 0.1) is 0 Å². The Morgan fingerprint density at radius 3 is 2.58 bits per heavy atom. The molecule has 0 aliphatic carbocycles. The van der Waals surface area contributed by atoms with E-state index in [0.29, 0.717) is 29.0 Å². The average Bonchev–Trinajstić information content (AvgIpc) is 2.64. The van der Waals surface area contributed by atoms with Crippen LogP contribution in [0.25, 0.3) is 0 Å². The van der Waals surface area contributed by atoms with Crippen molar-refractivity contribution in [1.82, 2.24) is 5.43 Å². The molecule has 0 atom stereocenters. The topological polar surface area (TPSA) is 100 Å².